The van der Waals surface area contributed by atoms with Gasteiger partial charge in [0.2, 0.25) is 0 Å². The summed E-state index contributed by atoms with van der Waals surface area (Å²) in [5, 5.41) is 2.69. The molecule has 0 atom stereocenters. The first-order valence-corrected chi connectivity index (χ1v) is 13.1. The lowest BCUT2D eigenvalue weighted by Gasteiger charge is -2.22. The highest BCUT2D eigenvalue weighted by atomic mass is 14.4. The second kappa shape index (κ2) is 7.31. The molecule has 0 amide bonds. The molecule has 0 radical (unpaired) electrons. The molecular weight excluding hydrogens is 444 g/mol. The summed E-state index contributed by atoms with van der Waals surface area (Å²) in [5.41, 5.74) is 16.1. The maximum Gasteiger partial charge on any atom is 0.0159 e. The van der Waals surface area contributed by atoms with E-state index >= 15 is 0 Å². The Kier molecular flexibility index (Phi) is 4.10. The van der Waals surface area contributed by atoms with Gasteiger partial charge in [-0.15, -0.1) is 0 Å². The molecule has 174 valence electrons. The van der Waals surface area contributed by atoms with Crippen molar-refractivity contribution in [1.29, 1.82) is 0 Å². The van der Waals surface area contributed by atoms with E-state index in [1.807, 2.05) is 0 Å². The topological polar surface area (TPSA) is 0 Å². The van der Waals surface area contributed by atoms with Crippen LogP contribution in [0.4, 0.5) is 0 Å². The summed E-state index contributed by atoms with van der Waals surface area (Å²) in [4.78, 5) is 0. The Morgan fingerprint density at radius 1 is 0.378 bits per heavy atom. The van der Waals surface area contributed by atoms with Gasteiger partial charge in [-0.25, -0.2) is 0 Å². The molecule has 0 spiro atoms. The van der Waals surface area contributed by atoms with Crippen LogP contribution in [0, 0.1) is 0 Å². The van der Waals surface area contributed by atoms with Gasteiger partial charge in [-0.1, -0.05) is 117 Å². The Morgan fingerprint density at radius 2 is 0.973 bits per heavy atom. The van der Waals surface area contributed by atoms with Crippen molar-refractivity contribution in [3.8, 4) is 55.6 Å². The molecule has 0 aromatic heterocycles. The second-order valence-corrected chi connectivity index (χ2v) is 11.0. The van der Waals surface area contributed by atoms with Crippen molar-refractivity contribution in [3.05, 3.63) is 132 Å². The van der Waals surface area contributed by atoms with E-state index in [0.717, 1.165) is 0 Å². The highest BCUT2D eigenvalue weighted by Crippen LogP contribution is 2.50. The largest absolute Gasteiger partial charge is 0.0619 e. The van der Waals surface area contributed by atoms with Gasteiger partial charge < -0.3 is 0 Å². The fourth-order valence-electron chi connectivity index (χ4n) is 6.72. The molecule has 0 unspecified atom stereocenters. The predicted molar refractivity (Wildman–Crippen MR) is 157 cm³/mol. The minimum atomic E-state index is 0.0186. The molecule has 0 heteroatoms. The van der Waals surface area contributed by atoms with Crippen LogP contribution in [0.15, 0.2) is 121 Å². The second-order valence-electron chi connectivity index (χ2n) is 11.0. The molecular formula is C37H26. The smallest absolute Gasteiger partial charge is 0.0159 e. The first kappa shape index (κ1) is 20.7. The monoisotopic (exact) mass is 470 g/mol. The molecule has 8 rings (SSSR count). The van der Waals surface area contributed by atoms with Crippen molar-refractivity contribution in [1.82, 2.24) is 0 Å². The van der Waals surface area contributed by atoms with E-state index in [1.165, 1.54) is 77.5 Å². The summed E-state index contributed by atoms with van der Waals surface area (Å²) >= 11 is 0. The Hall–Kier alpha value is -4.42. The van der Waals surface area contributed by atoms with Gasteiger partial charge in [0.25, 0.3) is 0 Å². The van der Waals surface area contributed by atoms with Crippen molar-refractivity contribution in [2.75, 3.05) is 0 Å². The third-order valence-electron chi connectivity index (χ3n) is 8.62. The Bertz CT molecular complexity index is 1880. The molecule has 6 aromatic rings. The normalized spacial score (nSPS) is 13.9. The van der Waals surface area contributed by atoms with E-state index in [9.17, 15) is 0 Å². The van der Waals surface area contributed by atoms with E-state index in [2.05, 4.69) is 135 Å². The Labute approximate surface area is 217 Å². The number of hydrogen-bond donors (Lipinski definition) is 0. The van der Waals surface area contributed by atoms with Crippen LogP contribution in [0.25, 0.3) is 66.4 Å². The summed E-state index contributed by atoms with van der Waals surface area (Å²) in [5.74, 6) is 0. The number of fused-ring (bicyclic) bond motifs is 6. The van der Waals surface area contributed by atoms with Gasteiger partial charge in [-0.05, 0) is 95.7 Å². The molecule has 2 aliphatic carbocycles. The Morgan fingerprint density at radius 3 is 1.76 bits per heavy atom. The minimum Gasteiger partial charge on any atom is -0.0619 e. The zero-order valence-corrected chi connectivity index (χ0v) is 21.0. The molecule has 0 bridgehead atoms. The van der Waals surface area contributed by atoms with Crippen LogP contribution in [0.5, 0.6) is 0 Å². The van der Waals surface area contributed by atoms with Gasteiger partial charge in [0, 0.05) is 5.41 Å². The standard InChI is InChI=1S/C37H26/c1-37(2)34-13-6-5-11-30(34)31-19-18-25(22-35(31)37)23-14-16-24(17-15-23)27-20-26-8-7-12-32-28-9-3-4-10-29(28)33(21-27)36(26)32/h3-22H,1-2H3. The summed E-state index contributed by atoms with van der Waals surface area (Å²) in [6.45, 7) is 4.69. The molecule has 2 aliphatic rings. The molecule has 0 N–H and O–H groups in total. The van der Waals surface area contributed by atoms with Gasteiger partial charge in [-0.3, -0.25) is 0 Å². The van der Waals surface area contributed by atoms with Crippen molar-refractivity contribution in [2.45, 2.75) is 19.3 Å². The van der Waals surface area contributed by atoms with Crippen LogP contribution >= 0.6 is 0 Å². The zero-order chi connectivity index (χ0) is 24.7. The van der Waals surface area contributed by atoms with Gasteiger partial charge in [0.05, 0.1) is 0 Å². The van der Waals surface area contributed by atoms with E-state index in [0.29, 0.717) is 0 Å². The average molecular weight is 471 g/mol. The minimum absolute atomic E-state index is 0.0186. The van der Waals surface area contributed by atoms with Crippen molar-refractivity contribution in [3.63, 3.8) is 0 Å². The van der Waals surface area contributed by atoms with Gasteiger partial charge in [0.1, 0.15) is 0 Å². The summed E-state index contributed by atoms with van der Waals surface area (Å²) < 4.78 is 0. The first-order chi connectivity index (χ1) is 18.1. The zero-order valence-electron chi connectivity index (χ0n) is 21.0. The van der Waals surface area contributed by atoms with Crippen molar-refractivity contribution in [2.24, 2.45) is 0 Å². The van der Waals surface area contributed by atoms with Gasteiger partial charge >= 0.3 is 0 Å². The highest BCUT2D eigenvalue weighted by Gasteiger charge is 2.35. The average Bonchev–Trinajstić information content (AvgIpc) is 3.39. The molecule has 0 fully saturated rings. The number of hydrogen-bond acceptors (Lipinski definition) is 0. The Balaban J connectivity index is 1.20. The summed E-state index contributed by atoms with van der Waals surface area (Å²) in [6, 6.07) is 45.1. The predicted octanol–water partition coefficient (Wildman–Crippen LogP) is 10.1. The quantitative estimate of drug-likeness (QED) is 0.236. The summed E-state index contributed by atoms with van der Waals surface area (Å²) in [6.07, 6.45) is 0. The van der Waals surface area contributed by atoms with Crippen molar-refractivity contribution >= 4 is 10.8 Å². The fourth-order valence-corrected chi connectivity index (χ4v) is 6.72. The third kappa shape index (κ3) is 2.84. The molecule has 0 saturated carbocycles. The van der Waals surface area contributed by atoms with E-state index in [-0.39, 0.29) is 5.41 Å². The molecule has 6 aromatic carbocycles. The lowest BCUT2D eigenvalue weighted by Crippen LogP contribution is -2.14. The van der Waals surface area contributed by atoms with Crippen LogP contribution in [-0.2, 0) is 5.41 Å². The molecule has 0 saturated heterocycles. The van der Waals surface area contributed by atoms with Crippen LogP contribution in [0.3, 0.4) is 0 Å². The SMILES string of the molecule is CC1(C)c2ccccc2-c2ccc(-c3ccc(-c4cc5c6c(cccc6c4)-c4ccccc4-5)cc3)cc21. The van der Waals surface area contributed by atoms with E-state index < -0.39 is 0 Å². The number of benzene rings is 6. The van der Waals surface area contributed by atoms with Gasteiger partial charge in [-0.2, -0.15) is 0 Å². The lowest BCUT2D eigenvalue weighted by molar-refractivity contribution is 0.660. The van der Waals surface area contributed by atoms with E-state index in [4.69, 9.17) is 0 Å². The van der Waals surface area contributed by atoms with Gasteiger partial charge in [0.15, 0.2) is 0 Å². The molecule has 0 nitrogen and oxygen atoms in total. The molecule has 0 aliphatic heterocycles. The number of rotatable bonds is 2. The highest BCUT2D eigenvalue weighted by molar-refractivity contribution is 6.16. The lowest BCUT2D eigenvalue weighted by atomic mass is 9.81. The maximum absolute atomic E-state index is 2.40. The fraction of sp³-hybridized carbons (Fsp3) is 0.0811. The summed E-state index contributed by atoms with van der Waals surface area (Å²) in [7, 11) is 0. The third-order valence-corrected chi connectivity index (χ3v) is 8.62. The first-order valence-electron chi connectivity index (χ1n) is 13.1. The van der Waals surface area contributed by atoms with Crippen molar-refractivity contribution < 1.29 is 0 Å². The van der Waals surface area contributed by atoms with Crippen LogP contribution in [0.1, 0.15) is 25.0 Å². The van der Waals surface area contributed by atoms with Crippen LogP contribution < -0.4 is 0 Å². The molecule has 37 heavy (non-hydrogen) atoms. The van der Waals surface area contributed by atoms with Crippen LogP contribution in [0.2, 0.25) is 0 Å². The molecule has 0 heterocycles. The maximum atomic E-state index is 2.40. The van der Waals surface area contributed by atoms with E-state index in [1.54, 1.807) is 0 Å². The van der Waals surface area contributed by atoms with Crippen LogP contribution in [-0.4, -0.2) is 0 Å².